The van der Waals surface area contributed by atoms with Crippen LogP contribution in [0, 0.1) is 0 Å². The molecule has 0 fully saturated rings. The molecule has 110 valence electrons. The molecule has 0 saturated heterocycles. The van der Waals surface area contributed by atoms with Crippen molar-refractivity contribution in [1.82, 2.24) is 5.32 Å². The summed E-state index contributed by atoms with van der Waals surface area (Å²) in [6.07, 6.45) is 1.85. The van der Waals surface area contributed by atoms with Gasteiger partial charge in [-0.15, -0.1) is 0 Å². The summed E-state index contributed by atoms with van der Waals surface area (Å²) in [5.74, 6) is -1.49. The molecule has 1 rings (SSSR count). The molecule has 1 aromatic rings. The highest BCUT2D eigenvalue weighted by molar-refractivity contribution is 5.89. The molecule has 1 atom stereocenters. The second kappa shape index (κ2) is 7.05. The zero-order chi connectivity index (χ0) is 15.2. The summed E-state index contributed by atoms with van der Waals surface area (Å²) < 4.78 is 0. The molecule has 0 aromatic heterocycles. The molecule has 1 unspecified atom stereocenters. The molecule has 0 radical (unpaired) electrons. The summed E-state index contributed by atoms with van der Waals surface area (Å²) in [6.45, 7) is 3.09. The second-order valence-corrected chi connectivity index (χ2v) is 5.46. The van der Waals surface area contributed by atoms with Gasteiger partial charge in [-0.3, -0.25) is 4.79 Å². The van der Waals surface area contributed by atoms with Crippen LogP contribution in [0.2, 0.25) is 0 Å². The summed E-state index contributed by atoms with van der Waals surface area (Å²) in [4.78, 5) is 22.9. The fourth-order valence-electron chi connectivity index (χ4n) is 1.76. The van der Waals surface area contributed by atoms with Gasteiger partial charge in [0.2, 0.25) is 5.91 Å². The first-order chi connectivity index (χ1) is 9.30. The zero-order valence-corrected chi connectivity index (χ0v) is 11.9. The molecule has 5 nitrogen and oxygen atoms in total. The van der Waals surface area contributed by atoms with E-state index >= 15 is 0 Å². The molecule has 1 amide bonds. The number of benzene rings is 1. The van der Waals surface area contributed by atoms with E-state index in [4.69, 9.17) is 10.8 Å². The van der Waals surface area contributed by atoms with Gasteiger partial charge < -0.3 is 16.2 Å². The van der Waals surface area contributed by atoms with Gasteiger partial charge in [-0.2, -0.15) is 0 Å². The Balaban J connectivity index is 2.48. The predicted octanol–water partition coefficient (Wildman–Crippen LogP) is 1.32. The van der Waals surface area contributed by atoms with E-state index in [-0.39, 0.29) is 0 Å². The van der Waals surface area contributed by atoms with Crippen LogP contribution in [-0.4, -0.2) is 28.6 Å². The number of amides is 1. The Morgan fingerprint density at radius 2 is 1.90 bits per heavy atom. The lowest BCUT2D eigenvalue weighted by atomic mass is 10.0. The molecular formula is C15H22N2O3. The molecule has 1 aromatic carbocycles. The van der Waals surface area contributed by atoms with Crippen LogP contribution < -0.4 is 11.1 Å². The van der Waals surface area contributed by atoms with Gasteiger partial charge in [0.15, 0.2) is 0 Å². The third-order valence-electron chi connectivity index (χ3n) is 2.99. The predicted molar refractivity (Wildman–Crippen MR) is 77.2 cm³/mol. The standard InChI is InChI=1S/C15H22N2O3/c1-15(2,16)14(20)17-12(13(18)19)10-6-9-11-7-4-3-5-8-11/h3-5,7-8,12H,6,9-10,16H2,1-2H3,(H,17,20)(H,18,19). The number of carboxylic acids is 1. The van der Waals surface area contributed by atoms with Gasteiger partial charge >= 0.3 is 5.97 Å². The van der Waals surface area contributed by atoms with E-state index in [0.29, 0.717) is 12.8 Å². The maximum absolute atomic E-state index is 11.7. The maximum Gasteiger partial charge on any atom is 0.326 e. The lowest BCUT2D eigenvalue weighted by Gasteiger charge is -2.21. The second-order valence-electron chi connectivity index (χ2n) is 5.46. The van der Waals surface area contributed by atoms with Gasteiger partial charge in [-0.05, 0) is 38.7 Å². The Hall–Kier alpha value is -1.88. The Morgan fingerprint density at radius 1 is 1.30 bits per heavy atom. The van der Waals surface area contributed by atoms with Crippen molar-refractivity contribution in [3.8, 4) is 0 Å². The van der Waals surface area contributed by atoms with Gasteiger partial charge in [-0.1, -0.05) is 30.3 Å². The minimum atomic E-state index is -1.08. The SMILES string of the molecule is CC(C)(N)C(=O)NC(CCCc1ccccc1)C(=O)O. The molecule has 4 N–H and O–H groups in total. The summed E-state index contributed by atoms with van der Waals surface area (Å²) in [5.41, 5.74) is 5.72. The van der Waals surface area contributed by atoms with Crippen molar-refractivity contribution >= 4 is 11.9 Å². The topological polar surface area (TPSA) is 92.4 Å². The van der Waals surface area contributed by atoms with Gasteiger partial charge in [-0.25, -0.2) is 4.79 Å². The number of aliphatic carboxylic acids is 1. The number of hydrogen-bond donors (Lipinski definition) is 3. The zero-order valence-electron chi connectivity index (χ0n) is 11.9. The fraction of sp³-hybridized carbons (Fsp3) is 0.467. The lowest BCUT2D eigenvalue weighted by Crippen LogP contribution is -2.54. The average molecular weight is 278 g/mol. The molecular weight excluding hydrogens is 256 g/mol. The van der Waals surface area contributed by atoms with E-state index in [2.05, 4.69) is 5.32 Å². The summed E-state index contributed by atoms with van der Waals surface area (Å²) >= 11 is 0. The highest BCUT2D eigenvalue weighted by Gasteiger charge is 2.27. The van der Waals surface area contributed by atoms with Crippen LogP contribution in [0.3, 0.4) is 0 Å². The van der Waals surface area contributed by atoms with Crippen molar-refractivity contribution in [2.75, 3.05) is 0 Å². The number of hydrogen-bond acceptors (Lipinski definition) is 3. The van der Waals surface area contributed by atoms with Crippen LogP contribution in [0.4, 0.5) is 0 Å². The first-order valence-corrected chi connectivity index (χ1v) is 6.67. The minimum Gasteiger partial charge on any atom is -0.480 e. The normalized spacial score (nSPS) is 12.8. The van der Waals surface area contributed by atoms with Crippen LogP contribution in [0.15, 0.2) is 30.3 Å². The number of nitrogens with one attached hydrogen (secondary N) is 1. The lowest BCUT2D eigenvalue weighted by molar-refractivity contribution is -0.142. The molecule has 0 saturated carbocycles. The maximum atomic E-state index is 11.7. The fourth-order valence-corrected chi connectivity index (χ4v) is 1.76. The van der Waals surface area contributed by atoms with Gasteiger partial charge in [0.05, 0.1) is 5.54 Å². The summed E-state index contributed by atoms with van der Waals surface area (Å²) in [6, 6.07) is 8.93. The third kappa shape index (κ3) is 5.40. The van der Waals surface area contributed by atoms with Crippen LogP contribution in [0.5, 0.6) is 0 Å². The van der Waals surface area contributed by atoms with Crippen molar-refractivity contribution in [2.24, 2.45) is 5.73 Å². The Kier molecular flexibility index (Phi) is 5.70. The van der Waals surface area contributed by atoms with Crippen molar-refractivity contribution < 1.29 is 14.7 Å². The van der Waals surface area contributed by atoms with Crippen LogP contribution in [-0.2, 0) is 16.0 Å². The number of carbonyl (C=O) groups is 2. The number of rotatable bonds is 7. The van der Waals surface area contributed by atoms with Crippen LogP contribution in [0.25, 0.3) is 0 Å². The third-order valence-corrected chi connectivity index (χ3v) is 2.99. The molecule has 0 aliphatic carbocycles. The molecule has 0 aliphatic heterocycles. The van der Waals surface area contributed by atoms with Crippen molar-refractivity contribution in [3.63, 3.8) is 0 Å². The Bertz CT molecular complexity index is 452. The van der Waals surface area contributed by atoms with E-state index in [0.717, 1.165) is 12.0 Å². The molecule has 0 bridgehead atoms. The molecule has 0 heterocycles. The monoisotopic (exact) mass is 278 g/mol. The quantitative estimate of drug-likeness (QED) is 0.701. The summed E-state index contributed by atoms with van der Waals surface area (Å²) in [5, 5.41) is 11.6. The van der Waals surface area contributed by atoms with E-state index < -0.39 is 23.5 Å². The average Bonchev–Trinajstić information content (AvgIpc) is 2.37. The first-order valence-electron chi connectivity index (χ1n) is 6.67. The van der Waals surface area contributed by atoms with Crippen molar-refractivity contribution in [2.45, 2.75) is 44.7 Å². The Morgan fingerprint density at radius 3 is 2.40 bits per heavy atom. The number of nitrogens with two attached hydrogens (primary N) is 1. The molecule has 20 heavy (non-hydrogen) atoms. The smallest absolute Gasteiger partial charge is 0.326 e. The summed E-state index contributed by atoms with van der Waals surface area (Å²) in [7, 11) is 0. The highest BCUT2D eigenvalue weighted by atomic mass is 16.4. The van der Waals surface area contributed by atoms with Crippen molar-refractivity contribution in [1.29, 1.82) is 0 Å². The van der Waals surface area contributed by atoms with E-state index in [1.807, 2.05) is 30.3 Å². The van der Waals surface area contributed by atoms with Gasteiger partial charge in [0, 0.05) is 0 Å². The molecule has 0 spiro atoms. The van der Waals surface area contributed by atoms with E-state index in [9.17, 15) is 9.59 Å². The number of carboxylic acid groups (broad SMARTS) is 1. The van der Waals surface area contributed by atoms with Crippen LogP contribution in [0.1, 0.15) is 32.3 Å². The van der Waals surface area contributed by atoms with Gasteiger partial charge in [0.1, 0.15) is 6.04 Å². The van der Waals surface area contributed by atoms with Gasteiger partial charge in [0.25, 0.3) is 0 Å². The number of carbonyl (C=O) groups excluding carboxylic acids is 1. The molecule has 5 heteroatoms. The van der Waals surface area contributed by atoms with E-state index in [1.165, 1.54) is 0 Å². The first kappa shape index (κ1) is 16.2. The van der Waals surface area contributed by atoms with Crippen molar-refractivity contribution in [3.05, 3.63) is 35.9 Å². The van der Waals surface area contributed by atoms with Crippen LogP contribution >= 0.6 is 0 Å². The Labute approximate surface area is 119 Å². The van der Waals surface area contributed by atoms with E-state index in [1.54, 1.807) is 13.8 Å². The largest absolute Gasteiger partial charge is 0.480 e. The highest BCUT2D eigenvalue weighted by Crippen LogP contribution is 2.08. The minimum absolute atomic E-state index is 0.381. The molecule has 0 aliphatic rings. The number of aryl methyl sites for hydroxylation is 1.